The van der Waals surface area contributed by atoms with Gasteiger partial charge >= 0.3 is 0 Å². The standard InChI is InChI=1S/C16H13ClN2O5/c17-12-6-5-10(7-13(12)19(21)22)16(20)18-8-11-9-23-14-3-1-2-4-15(14)24-11/h1-7,11H,8-9H2,(H,18,20)/t11-/m1/s1. The summed E-state index contributed by atoms with van der Waals surface area (Å²) in [6, 6.07) is 11.2. The molecule has 24 heavy (non-hydrogen) atoms. The number of nitro groups is 1. The number of carbonyl (C=O) groups is 1. The average molecular weight is 349 g/mol. The summed E-state index contributed by atoms with van der Waals surface area (Å²) in [4.78, 5) is 22.4. The summed E-state index contributed by atoms with van der Waals surface area (Å²) in [6.45, 7) is 0.516. The average Bonchev–Trinajstić information content (AvgIpc) is 2.59. The number of nitrogens with one attached hydrogen (secondary N) is 1. The maximum atomic E-state index is 12.1. The molecule has 0 spiro atoms. The number of ether oxygens (including phenoxy) is 2. The number of benzene rings is 2. The third kappa shape index (κ3) is 3.41. The SMILES string of the molecule is O=C(NC[C@@H]1COc2ccccc2O1)c1ccc(Cl)c([N+](=O)[O-])c1. The van der Waals surface area contributed by atoms with Gasteiger partial charge in [0.15, 0.2) is 11.5 Å². The lowest BCUT2D eigenvalue weighted by molar-refractivity contribution is -0.384. The molecule has 0 aromatic heterocycles. The molecule has 0 unspecified atom stereocenters. The summed E-state index contributed by atoms with van der Waals surface area (Å²) in [7, 11) is 0. The summed E-state index contributed by atoms with van der Waals surface area (Å²) >= 11 is 5.73. The van der Waals surface area contributed by atoms with Crippen LogP contribution in [0.25, 0.3) is 0 Å². The first-order valence-electron chi connectivity index (χ1n) is 7.15. The van der Waals surface area contributed by atoms with E-state index >= 15 is 0 Å². The highest BCUT2D eigenvalue weighted by atomic mass is 35.5. The number of carbonyl (C=O) groups excluding carboxylic acids is 1. The fourth-order valence-electron chi connectivity index (χ4n) is 2.27. The van der Waals surface area contributed by atoms with Crippen LogP contribution in [0.2, 0.25) is 5.02 Å². The minimum Gasteiger partial charge on any atom is -0.486 e. The zero-order valence-corrected chi connectivity index (χ0v) is 13.2. The van der Waals surface area contributed by atoms with Crippen LogP contribution in [-0.2, 0) is 0 Å². The van der Waals surface area contributed by atoms with Gasteiger partial charge in [-0.3, -0.25) is 14.9 Å². The third-order valence-electron chi connectivity index (χ3n) is 3.46. The van der Waals surface area contributed by atoms with Crippen LogP contribution in [0, 0.1) is 10.1 Å². The van der Waals surface area contributed by atoms with Crippen molar-refractivity contribution >= 4 is 23.2 Å². The van der Waals surface area contributed by atoms with Gasteiger partial charge < -0.3 is 14.8 Å². The van der Waals surface area contributed by atoms with Crippen LogP contribution in [0.3, 0.4) is 0 Å². The monoisotopic (exact) mass is 348 g/mol. The van der Waals surface area contributed by atoms with Crippen molar-refractivity contribution in [2.24, 2.45) is 0 Å². The highest BCUT2D eigenvalue weighted by Gasteiger charge is 2.22. The molecule has 1 heterocycles. The number of para-hydroxylation sites is 2. The van der Waals surface area contributed by atoms with Crippen molar-refractivity contribution in [2.75, 3.05) is 13.2 Å². The molecule has 1 aliphatic heterocycles. The normalized spacial score (nSPS) is 15.6. The van der Waals surface area contributed by atoms with E-state index in [0.29, 0.717) is 18.1 Å². The van der Waals surface area contributed by atoms with Gasteiger partial charge in [0.05, 0.1) is 11.5 Å². The van der Waals surface area contributed by atoms with Gasteiger partial charge in [-0.05, 0) is 24.3 Å². The van der Waals surface area contributed by atoms with Gasteiger partial charge in [-0.15, -0.1) is 0 Å². The zero-order valence-electron chi connectivity index (χ0n) is 12.4. The number of hydrogen-bond acceptors (Lipinski definition) is 5. The molecular formula is C16H13ClN2O5. The predicted octanol–water partition coefficient (Wildman–Crippen LogP) is 2.82. The Hall–Kier alpha value is -2.80. The second kappa shape index (κ2) is 6.76. The lowest BCUT2D eigenvalue weighted by Gasteiger charge is -2.26. The number of hydrogen-bond donors (Lipinski definition) is 1. The minimum absolute atomic E-state index is 0.0165. The number of rotatable bonds is 4. The van der Waals surface area contributed by atoms with E-state index in [1.165, 1.54) is 12.1 Å². The molecule has 1 aliphatic rings. The van der Waals surface area contributed by atoms with Gasteiger partial charge in [-0.25, -0.2) is 0 Å². The molecule has 124 valence electrons. The summed E-state index contributed by atoms with van der Waals surface area (Å²) in [5.41, 5.74) is -0.154. The largest absolute Gasteiger partial charge is 0.486 e. The molecule has 0 saturated heterocycles. The van der Waals surface area contributed by atoms with E-state index in [0.717, 1.165) is 6.07 Å². The van der Waals surface area contributed by atoms with E-state index in [2.05, 4.69) is 5.32 Å². The molecule has 2 aromatic carbocycles. The fraction of sp³-hybridized carbons (Fsp3) is 0.188. The first-order chi connectivity index (χ1) is 11.5. The van der Waals surface area contributed by atoms with Gasteiger partial charge in [0.2, 0.25) is 0 Å². The van der Waals surface area contributed by atoms with E-state index in [1.54, 1.807) is 12.1 Å². The minimum atomic E-state index is -0.631. The Morgan fingerprint density at radius 3 is 2.79 bits per heavy atom. The van der Waals surface area contributed by atoms with Crippen molar-refractivity contribution in [3.8, 4) is 11.5 Å². The molecule has 7 nitrogen and oxygen atoms in total. The van der Waals surface area contributed by atoms with Gasteiger partial charge in [0.1, 0.15) is 17.7 Å². The van der Waals surface area contributed by atoms with Crippen LogP contribution < -0.4 is 14.8 Å². The number of amides is 1. The van der Waals surface area contributed by atoms with Crippen molar-refractivity contribution in [3.63, 3.8) is 0 Å². The Bertz CT molecular complexity index is 796. The lowest BCUT2D eigenvalue weighted by atomic mass is 10.2. The second-order valence-corrected chi connectivity index (χ2v) is 5.54. The smallest absolute Gasteiger partial charge is 0.288 e. The number of nitrogens with zero attached hydrogens (tertiary/aromatic N) is 1. The van der Waals surface area contributed by atoms with E-state index < -0.39 is 10.8 Å². The summed E-state index contributed by atoms with van der Waals surface area (Å²) in [6.07, 6.45) is -0.342. The molecule has 0 bridgehead atoms. The number of fused-ring (bicyclic) bond motifs is 1. The molecule has 0 radical (unpaired) electrons. The van der Waals surface area contributed by atoms with Crippen LogP contribution >= 0.6 is 11.6 Å². The highest BCUT2D eigenvalue weighted by molar-refractivity contribution is 6.32. The Morgan fingerprint density at radius 2 is 2.04 bits per heavy atom. The molecule has 0 aliphatic carbocycles. The van der Waals surface area contributed by atoms with Gasteiger partial charge in [-0.1, -0.05) is 23.7 Å². The van der Waals surface area contributed by atoms with Crippen molar-refractivity contribution in [1.82, 2.24) is 5.32 Å². The molecular weight excluding hydrogens is 336 g/mol. The van der Waals surface area contributed by atoms with Crippen molar-refractivity contribution in [2.45, 2.75) is 6.10 Å². The molecule has 1 N–H and O–H groups in total. The Morgan fingerprint density at radius 1 is 1.29 bits per heavy atom. The van der Waals surface area contributed by atoms with Crippen LogP contribution in [0.15, 0.2) is 42.5 Å². The molecule has 0 saturated carbocycles. The van der Waals surface area contributed by atoms with Crippen molar-refractivity contribution in [1.29, 1.82) is 0 Å². The maximum absolute atomic E-state index is 12.1. The summed E-state index contributed by atoms with van der Waals surface area (Å²) < 4.78 is 11.3. The lowest BCUT2D eigenvalue weighted by Crippen LogP contribution is -2.40. The van der Waals surface area contributed by atoms with Crippen molar-refractivity contribution in [3.05, 3.63) is 63.2 Å². The van der Waals surface area contributed by atoms with E-state index in [4.69, 9.17) is 21.1 Å². The molecule has 1 atom stereocenters. The molecule has 8 heteroatoms. The van der Waals surface area contributed by atoms with Gasteiger partial charge in [-0.2, -0.15) is 0 Å². The number of halogens is 1. The van der Waals surface area contributed by atoms with Gasteiger partial charge in [0, 0.05) is 11.6 Å². The first-order valence-corrected chi connectivity index (χ1v) is 7.53. The third-order valence-corrected chi connectivity index (χ3v) is 3.78. The van der Waals surface area contributed by atoms with E-state index in [1.807, 2.05) is 12.1 Å². The topological polar surface area (TPSA) is 90.7 Å². The van der Waals surface area contributed by atoms with Crippen molar-refractivity contribution < 1.29 is 19.2 Å². The molecule has 1 amide bonds. The first kappa shape index (κ1) is 16.1. The molecule has 2 aromatic rings. The fourth-order valence-corrected chi connectivity index (χ4v) is 2.45. The predicted molar refractivity (Wildman–Crippen MR) is 86.8 cm³/mol. The van der Waals surface area contributed by atoms with E-state index in [9.17, 15) is 14.9 Å². The maximum Gasteiger partial charge on any atom is 0.288 e. The second-order valence-electron chi connectivity index (χ2n) is 5.13. The Labute approximate surface area is 142 Å². The van der Waals surface area contributed by atoms with Crippen LogP contribution in [0.1, 0.15) is 10.4 Å². The quantitative estimate of drug-likeness (QED) is 0.677. The Kier molecular flexibility index (Phi) is 4.52. The molecule has 3 rings (SSSR count). The van der Waals surface area contributed by atoms with Crippen LogP contribution in [-0.4, -0.2) is 30.1 Å². The van der Waals surface area contributed by atoms with E-state index in [-0.39, 0.29) is 28.9 Å². The Balaban J connectivity index is 1.62. The highest BCUT2D eigenvalue weighted by Crippen LogP contribution is 2.30. The summed E-state index contributed by atoms with van der Waals surface area (Å²) in [5.74, 6) is 0.829. The molecule has 0 fully saturated rings. The number of nitro benzene ring substituents is 1. The van der Waals surface area contributed by atoms with Gasteiger partial charge in [0.25, 0.3) is 11.6 Å². The van der Waals surface area contributed by atoms with Crippen LogP contribution in [0.5, 0.6) is 11.5 Å². The summed E-state index contributed by atoms with van der Waals surface area (Å²) in [5, 5.41) is 13.5. The zero-order chi connectivity index (χ0) is 17.1. The van der Waals surface area contributed by atoms with Crippen LogP contribution in [0.4, 0.5) is 5.69 Å².